The minimum atomic E-state index is 0.734. The zero-order valence-corrected chi connectivity index (χ0v) is 16.7. The molecule has 6 nitrogen and oxygen atoms in total. The van der Waals surface area contributed by atoms with Crippen LogP contribution in [-0.4, -0.2) is 28.8 Å². The third kappa shape index (κ3) is 3.70. The standard InChI is InChI=1S/C21H20N4O2S/c1-14-11-25(13-22-14)16-6-4-15(5-7-16)19-12-28-21(24-19)23-18-10-17(26-2)8-9-20(18)27-3/h4-13H,1-3H3,(H,23,24). The quantitative estimate of drug-likeness (QED) is 0.497. The Kier molecular flexibility index (Phi) is 4.99. The lowest BCUT2D eigenvalue weighted by Gasteiger charge is -2.10. The number of aromatic nitrogens is 3. The van der Waals surface area contributed by atoms with E-state index in [0.29, 0.717) is 0 Å². The lowest BCUT2D eigenvalue weighted by molar-refractivity contribution is 0.405. The van der Waals surface area contributed by atoms with Crippen LogP contribution in [0.25, 0.3) is 16.9 Å². The number of anilines is 2. The molecule has 2 aromatic heterocycles. The number of hydrogen-bond acceptors (Lipinski definition) is 6. The maximum Gasteiger partial charge on any atom is 0.187 e. The molecule has 0 aliphatic carbocycles. The highest BCUT2D eigenvalue weighted by molar-refractivity contribution is 7.14. The molecule has 142 valence electrons. The van der Waals surface area contributed by atoms with E-state index in [1.54, 1.807) is 25.6 Å². The molecule has 0 aliphatic heterocycles. The SMILES string of the molecule is COc1ccc(OC)c(Nc2nc(-c3ccc(-n4cnc(C)c4)cc3)cs2)c1. The Morgan fingerprint density at radius 1 is 1.04 bits per heavy atom. The third-order valence-corrected chi connectivity index (χ3v) is 5.08. The van der Waals surface area contributed by atoms with Crippen molar-refractivity contribution in [1.82, 2.24) is 14.5 Å². The Morgan fingerprint density at radius 2 is 1.86 bits per heavy atom. The van der Waals surface area contributed by atoms with Crippen LogP contribution in [0.15, 0.2) is 60.4 Å². The van der Waals surface area contributed by atoms with Gasteiger partial charge in [0, 0.05) is 28.9 Å². The van der Waals surface area contributed by atoms with E-state index in [1.165, 1.54) is 0 Å². The number of nitrogens with zero attached hydrogens (tertiary/aromatic N) is 3. The largest absolute Gasteiger partial charge is 0.497 e. The Hall–Kier alpha value is -3.32. The van der Waals surface area contributed by atoms with Gasteiger partial charge in [0.1, 0.15) is 11.5 Å². The summed E-state index contributed by atoms with van der Waals surface area (Å²) < 4.78 is 12.7. The predicted octanol–water partition coefficient (Wildman–Crippen LogP) is 5.07. The van der Waals surface area contributed by atoms with Gasteiger partial charge in [-0.1, -0.05) is 12.1 Å². The summed E-state index contributed by atoms with van der Waals surface area (Å²) in [5, 5.41) is 6.14. The van der Waals surface area contributed by atoms with E-state index in [-0.39, 0.29) is 0 Å². The summed E-state index contributed by atoms with van der Waals surface area (Å²) >= 11 is 1.54. The van der Waals surface area contributed by atoms with Crippen molar-refractivity contribution < 1.29 is 9.47 Å². The first-order chi connectivity index (χ1) is 13.7. The van der Waals surface area contributed by atoms with Crippen molar-refractivity contribution in [1.29, 1.82) is 0 Å². The molecular weight excluding hydrogens is 372 g/mol. The zero-order valence-electron chi connectivity index (χ0n) is 15.8. The fourth-order valence-electron chi connectivity index (χ4n) is 2.86. The van der Waals surface area contributed by atoms with Crippen LogP contribution in [0.1, 0.15) is 5.69 Å². The van der Waals surface area contributed by atoms with Gasteiger partial charge in [-0.15, -0.1) is 11.3 Å². The van der Waals surface area contributed by atoms with Crippen LogP contribution in [0.3, 0.4) is 0 Å². The highest BCUT2D eigenvalue weighted by Crippen LogP contribution is 2.34. The molecule has 7 heteroatoms. The van der Waals surface area contributed by atoms with Crippen LogP contribution in [-0.2, 0) is 0 Å². The first-order valence-corrected chi connectivity index (χ1v) is 9.60. The van der Waals surface area contributed by atoms with E-state index in [4.69, 9.17) is 14.5 Å². The van der Waals surface area contributed by atoms with E-state index in [0.717, 1.165) is 45.0 Å². The fourth-order valence-corrected chi connectivity index (χ4v) is 3.59. The second-order valence-electron chi connectivity index (χ2n) is 6.20. The van der Waals surface area contributed by atoms with E-state index < -0.39 is 0 Å². The summed E-state index contributed by atoms with van der Waals surface area (Å²) in [6.45, 7) is 1.98. The molecule has 0 radical (unpaired) electrons. The van der Waals surface area contributed by atoms with Gasteiger partial charge in [0.2, 0.25) is 0 Å². The van der Waals surface area contributed by atoms with E-state index in [1.807, 2.05) is 47.6 Å². The van der Waals surface area contributed by atoms with Crippen molar-refractivity contribution in [3.8, 4) is 28.4 Å². The first kappa shape index (κ1) is 18.1. The van der Waals surface area contributed by atoms with Crippen LogP contribution >= 0.6 is 11.3 Å². The normalized spacial score (nSPS) is 10.7. The molecule has 0 amide bonds. The Balaban J connectivity index is 1.55. The van der Waals surface area contributed by atoms with Gasteiger partial charge in [-0.3, -0.25) is 0 Å². The summed E-state index contributed by atoms with van der Waals surface area (Å²) in [6.07, 6.45) is 3.82. The lowest BCUT2D eigenvalue weighted by atomic mass is 10.1. The molecule has 0 spiro atoms. The number of aryl methyl sites for hydroxylation is 1. The number of imidazole rings is 1. The molecule has 0 unspecified atom stereocenters. The van der Waals surface area contributed by atoms with Gasteiger partial charge in [-0.05, 0) is 31.2 Å². The monoisotopic (exact) mass is 392 g/mol. The van der Waals surface area contributed by atoms with Crippen LogP contribution in [0.4, 0.5) is 10.8 Å². The summed E-state index contributed by atoms with van der Waals surface area (Å²) in [5.74, 6) is 1.49. The summed E-state index contributed by atoms with van der Waals surface area (Å²) in [6, 6.07) is 13.9. The van der Waals surface area contributed by atoms with Gasteiger partial charge in [-0.25, -0.2) is 9.97 Å². The molecule has 2 heterocycles. The minimum absolute atomic E-state index is 0.734. The first-order valence-electron chi connectivity index (χ1n) is 8.72. The van der Waals surface area contributed by atoms with Gasteiger partial charge in [0.15, 0.2) is 5.13 Å². The molecule has 0 saturated carbocycles. The summed E-state index contributed by atoms with van der Waals surface area (Å²) in [7, 11) is 3.28. The van der Waals surface area contributed by atoms with Crippen molar-refractivity contribution in [2.75, 3.05) is 19.5 Å². The average molecular weight is 392 g/mol. The molecule has 4 rings (SSSR count). The van der Waals surface area contributed by atoms with Crippen molar-refractivity contribution in [2.45, 2.75) is 6.92 Å². The molecule has 0 aliphatic rings. The van der Waals surface area contributed by atoms with Crippen molar-refractivity contribution in [2.24, 2.45) is 0 Å². The van der Waals surface area contributed by atoms with E-state index >= 15 is 0 Å². The van der Waals surface area contributed by atoms with Crippen molar-refractivity contribution in [3.63, 3.8) is 0 Å². The zero-order chi connectivity index (χ0) is 19.5. The average Bonchev–Trinajstić information content (AvgIpc) is 3.37. The number of rotatable bonds is 6. The Labute approximate surface area is 167 Å². The smallest absolute Gasteiger partial charge is 0.187 e. The number of methoxy groups -OCH3 is 2. The van der Waals surface area contributed by atoms with Gasteiger partial charge in [0.25, 0.3) is 0 Å². The number of nitrogens with one attached hydrogen (secondary N) is 1. The lowest BCUT2D eigenvalue weighted by Crippen LogP contribution is -1.95. The van der Waals surface area contributed by atoms with Crippen LogP contribution in [0.2, 0.25) is 0 Å². The fraction of sp³-hybridized carbons (Fsp3) is 0.143. The van der Waals surface area contributed by atoms with Gasteiger partial charge < -0.3 is 19.4 Å². The minimum Gasteiger partial charge on any atom is -0.497 e. The topological polar surface area (TPSA) is 61.2 Å². The van der Waals surface area contributed by atoms with Gasteiger partial charge in [-0.2, -0.15) is 0 Å². The molecule has 2 aromatic carbocycles. The highest BCUT2D eigenvalue weighted by atomic mass is 32.1. The van der Waals surface area contributed by atoms with Crippen LogP contribution < -0.4 is 14.8 Å². The molecule has 0 bridgehead atoms. The van der Waals surface area contributed by atoms with Crippen molar-refractivity contribution in [3.05, 3.63) is 66.1 Å². The Bertz CT molecular complexity index is 1090. The van der Waals surface area contributed by atoms with Crippen LogP contribution in [0, 0.1) is 6.92 Å². The number of benzene rings is 2. The summed E-state index contributed by atoms with van der Waals surface area (Å²) in [4.78, 5) is 8.97. The molecular formula is C21H20N4O2S. The predicted molar refractivity (Wildman–Crippen MR) is 112 cm³/mol. The van der Waals surface area contributed by atoms with Crippen LogP contribution in [0.5, 0.6) is 11.5 Å². The Morgan fingerprint density at radius 3 is 2.54 bits per heavy atom. The van der Waals surface area contributed by atoms with Crippen molar-refractivity contribution >= 4 is 22.2 Å². The van der Waals surface area contributed by atoms with Gasteiger partial charge >= 0.3 is 0 Å². The number of thiazole rings is 1. The second-order valence-corrected chi connectivity index (χ2v) is 7.06. The molecule has 0 saturated heterocycles. The maximum absolute atomic E-state index is 5.42. The second kappa shape index (κ2) is 7.74. The molecule has 4 aromatic rings. The molecule has 0 fully saturated rings. The van der Waals surface area contributed by atoms with Gasteiger partial charge in [0.05, 0.1) is 37.6 Å². The molecule has 0 atom stereocenters. The molecule has 28 heavy (non-hydrogen) atoms. The van der Waals surface area contributed by atoms with E-state index in [2.05, 4.69) is 34.6 Å². The highest BCUT2D eigenvalue weighted by Gasteiger charge is 2.10. The van der Waals surface area contributed by atoms with E-state index in [9.17, 15) is 0 Å². The maximum atomic E-state index is 5.42. The number of hydrogen-bond donors (Lipinski definition) is 1. The third-order valence-electron chi connectivity index (χ3n) is 4.33. The molecule has 1 N–H and O–H groups in total. The number of ether oxygens (including phenoxy) is 2. The summed E-state index contributed by atoms with van der Waals surface area (Å²) in [5.41, 5.74) is 4.85.